The Morgan fingerprint density at radius 3 is 2.08 bits per heavy atom. The summed E-state index contributed by atoms with van der Waals surface area (Å²) in [7, 11) is 0. The van der Waals surface area contributed by atoms with Gasteiger partial charge in [-0.2, -0.15) is 12.6 Å². The van der Waals surface area contributed by atoms with Crippen LogP contribution in [-0.2, 0) is 0 Å². The fraction of sp³-hybridized carbons (Fsp3) is 1.00. The highest BCUT2D eigenvalue weighted by Crippen LogP contribution is 2.22. The fourth-order valence-corrected chi connectivity index (χ4v) is 2.45. The molecule has 1 saturated heterocycles. The minimum atomic E-state index is 0.773. The van der Waals surface area contributed by atoms with Gasteiger partial charge in [0, 0.05) is 12.1 Å². The lowest BCUT2D eigenvalue weighted by Crippen LogP contribution is -2.52. The molecule has 1 aliphatic carbocycles. The van der Waals surface area contributed by atoms with Gasteiger partial charge >= 0.3 is 0 Å². The van der Waals surface area contributed by atoms with Crippen molar-refractivity contribution in [1.82, 2.24) is 10.6 Å². The molecule has 0 aromatic carbocycles. The maximum atomic E-state index is 4.27. The van der Waals surface area contributed by atoms with Crippen LogP contribution in [0.2, 0.25) is 0 Å². The van der Waals surface area contributed by atoms with Crippen molar-refractivity contribution in [3.63, 3.8) is 0 Å². The number of rotatable bonds is 2. The van der Waals surface area contributed by atoms with Crippen molar-refractivity contribution in [2.24, 2.45) is 5.92 Å². The number of fused-ring (bicyclic) bond motifs is 1. The first-order valence-corrected chi connectivity index (χ1v) is 5.61. The van der Waals surface area contributed by atoms with E-state index in [4.69, 9.17) is 0 Å². The summed E-state index contributed by atoms with van der Waals surface area (Å²) in [5.74, 6) is 1.82. The molecule has 0 bridgehead atoms. The van der Waals surface area contributed by atoms with Gasteiger partial charge in [0.2, 0.25) is 0 Å². The van der Waals surface area contributed by atoms with Crippen LogP contribution in [0.1, 0.15) is 19.3 Å². The van der Waals surface area contributed by atoms with E-state index in [0.717, 1.165) is 23.8 Å². The highest BCUT2D eigenvalue weighted by atomic mass is 32.1. The van der Waals surface area contributed by atoms with Crippen LogP contribution in [0.25, 0.3) is 0 Å². The minimum absolute atomic E-state index is 0.773. The van der Waals surface area contributed by atoms with Crippen molar-refractivity contribution in [1.29, 1.82) is 0 Å². The zero-order chi connectivity index (χ0) is 8.39. The minimum Gasteiger partial charge on any atom is -0.312 e. The van der Waals surface area contributed by atoms with Gasteiger partial charge in [0.15, 0.2) is 0 Å². The molecule has 1 saturated carbocycles. The number of thiol groups is 1. The second kappa shape index (κ2) is 3.99. The maximum Gasteiger partial charge on any atom is 0.0221 e. The first-order valence-electron chi connectivity index (χ1n) is 4.98. The monoisotopic (exact) mass is 186 g/mol. The molecule has 1 heterocycles. The van der Waals surface area contributed by atoms with Gasteiger partial charge in [-0.3, -0.25) is 0 Å². The van der Waals surface area contributed by atoms with Crippen molar-refractivity contribution in [3.8, 4) is 0 Å². The van der Waals surface area contributed by atoms with Gasteiger partial charge in [0.1, 0.15) is 0 Å². The van der Waals surface area contributed by atoms with E-state index in [1.165, 1.54) is 32.4 Å². The largest absolute Gasteiger partial charge is 0.312 e. The van der Waals surface area contributed by atoms with E-state index in [9.17, 15) is 0 Å². The summed E-state index contributed by atoms with van der Waals surface area (Å²) >= 11 is 4.27. The molecule has 70 valence electrons. The second-order valence-electron chi connectivity index (χ2n) is 3.99. The van der Waals surface area contributed by atoms with Gasteiger partial charge in [-0.05, 0) is 44.0 Å². The molecule has 0 radical (unpaired) electrons. The third-order valence-electron chi connectivity index (χ3n) is 3.15. The van der Waals surface area contributed by atoms with E-state index in [2.05, 4.69) is 23.3 Å². The molecule has 0 unspecified atom stereocenters. The molecule has 2 rings (SSSR count). The predicted octanol–water partition coefficient (Wildman–Crippen LogP) is 0.646. The number of nitrogens with one attached hydrogen (secondary N) is 2. The van der Waals surface area contributed by atoms with Crippen molar-refractivity contribution >= 4 is 12.6 Å². The van der Waals surface area contributed by atoms with E-state index >= 15 is 0 Å². The Kier molecular flexibility index (Phi) is 2.94. The topological polar surface area (TPSA) is 24.1 Å². The van der Waals surface area contributed by atoms with Crippen LogP contribution in [0, 0.1) is 5.92 Å². The maximum absolute atomic E-state index is 4.27. The Morgan fingerprint density at radius 1 is 1.08 bits per heavy atom. The molecule has 0 amide bonds. The van der Waals surface area contributed by atoms with Gasteiger partial charge < -0.3 is 10.6 Å². The van der Waals surface area contributed by atoms with Crippen LogP contribution in [0.3, 0.4) is 0 Å². The van der Waals surface area contributed by atoms with E-state index < -0.39 is 0 Å². The lowest BCUT2D eigenvalue weighted by Gasteiger charge is -2.35. The zero-order valence-electron chi connectivity index (χ0n) is 7.42. The molecule has 1 aliphatic heterocycles. The second-order valence-corrected chi connectivity index (χ2v) is 4.43. The molecule has 2 nitrogen and oxygen atoms in total. The Hall–Kier alpha value is 0.270. The molecular weight excluding hydrogens is 168 g/mol. The third-order valence-corrected chi connectivity index (χ3v) is 3.41. The lowest BCUT2D eigenvalue weighted by molar-refractivity contribution is 0.264. The number of hydrogen-bond donors (Lipinski definition) is 3. The van der Waals surface area contributed by atoms with E-state index in [1.807, 2.05) is 0 Å². The van der Waals surface area contributed by atoms with E-state index in [1.54, 1.807) is 0 Å². The van der Waals surface area contributed by atoms with Gasteiger partial charge in [0.25, 0.3) is 0 Å². The Labute approximate surface area is 79.9 Å². The SMILES string of the molecule is SCC[C@H]1CN[C@H]2CC[C@H]2NC1. The molecule has 0 aromatic rings. The molecule has 2 aliphatic rings. The molecule has 0 spiro atoms. The molecule has 12 heavy (non-hydrogen) atoms. The smallest absolute Gasteiger partial charge is 0.0221 e. The summed E-state index contributed by atoms with van der Waals surface area (Å²) in [5.41, 5.74) is 0. The summed E-state index contributed by atoms with van der Waals surface area (Å²) in [6.45, 7) is 2.38. The third kappa shape index (κ3) is 1.78. The Bertz CT molecular complexity index is 137. The van der Waals surface area contributed by atoms with Gasteiger partial charge in [-0.15, -0.1) is 0 Å². The fourth-order valence-electron chi connectivity index (χ4n) is 2.08. The van der Waals surface area contributed by atoms with Crippen molar-refractivity contribution in [2.75, 3.05) is 18.8 Å². The van der Waals surface area contributed by atoms with Crippen LogP contribution < -0.4 is 10.6 Å². The standard InChI is InChI=1S/C9H18N2S/c12-4-3-7-5-10-8-1-2-9(8)11-6-7/h7-12H,1-6H2/t7-,8-,9+. The van der Waals surface area contributed by atoms with Crippen molar-refractivity contribution in [2.45, 2.75) is 31.3 Å². The first kappa shape index (κ1) is 8.85. The van der Waals surface area contributed by atoms with Crippen LogP contribution in [0.4, 0.5) is 0 Å². The lowest BCUT2D eigenvalue weighted by atomic mass is 9.87. The van der Waals surface area contributed by atoms with Gasteiger partial charge in [-0.1, -0.05) is 0 Å². The van der Waals surface area contributed by atoms with Crippen molar-refractivity contribution in [3.05, 3.63) is 0 Å². The molecule has 2 fully saturated rings. The van der Waals surface area contributed by atoms with Crippen LogP contribution in [0.15, 0.2) is 0 Å². The zero-order valence-corrected chi connectivity index (χ0v) is 8.32. The van der Waals surface area contributed by atoms with Crippen molar-refractivity contribution < 1.29 is 0 Å². The predicted molar refractivity (Wildman–Crippen MR) is 54.8 cm³/mol. The summed E-state index contributed by atoms with van der Waals surface area (Å²) < 4.78 is 0. The summed E-state index contributed by atoms with van der Waals surface area (Å²) in [4.78, 5) is 0. The summed E-state index contributed by atoms with van der Waals surface area (Å²) in [5, 5.41) is 7.24. The summed E-state index contributed by atoms with van der Waals surface area (Å²) in [6, 6.07) is 1.55. The van der Waals surface area contributed by atoms with Gasteiger partial charge in [-0.25, -0.2) is 0 Å². The Morgan fingerprint density at radius 2 is 1.67 bits per heavy atom. The number of hydrogen-bond acceptors (Lipinski definition) is 3. The highest BCUT2D eigenvalue weighted by Gasteiger charge is 2.32. The van der Waals surface area contributed by atoms with Crippen LogP contribution in [0.5, 0.6) is 0 Å². The van der Waals surface area contributed by atoms with E-state index in [0.29, 0.717) is 0 Å². The van der Waals surface area contributed by atoms with Crippen LogP contribution >= 0.6 is 12.6 Å². The first-order chi connectivity index (χ1) is 5.90. The average Bonchev–Trinajstić information content (AvgIpc) is 2.13. The quantitative estimate of drug-likeness (QED) is 0.552. The highest BCUT2D eigenvalue weighted by molar-refractivity contribution is 7.80. The normalized spacial score (nSPS) is 41.2. The molecular formula is C9H18N2S. The molecule has 3 atom stereocenters. The summed E-state index contributed by atoms with van der Waals surface area (Å²) in [6.07, 6.45) is 3.97. The molecule has 3 heteroatoms. The average molecular weight is 186 g/mol. The molecule has 2 N–H and O–H groups in total. The van der Waals surface area contributed by atoms with Gasteiger partial charge in [0.05, 0.1) is 0 Å². The molecule has 0 aromatic heterocycles. The van der Waals surface area contributed by atoms with Crippen LogP contribution in [-0.4, -0.2) is 30.9 Å². The Balaban J connectivity index is 1.80. The van der Waals surface area contributed by atoms with E-state index in [-0.39, 0.29) is 0 Å².